The summed E-state index contributed by atoms with van der Waals surface area (Å²) in [5, 5.41) is 2.99. The normalized spacial score (nSPS) is 22.9. The zero-order valence-corrected chi connectivity index (χ0v) is 16.8. The van der Waals surface area contributed by atoms with E-state index >= 15 is 0 Å². The molecule has 0 aromatic carbocycles. The van der Waals surface area contributed by atoms with Crippen LogP contribution in [0.15, 0.2) is 0 Å². The lowest BCUT2D eigenvalue weighted by Gasteiger charge is -2.51. The quantitative estimate of drug-likeness (QED) is 0.753. The third-order valence-electron chi connectivity index (χ3n) is 5.65. The van der Waals surface area contributed by atoms with Crippen LogP contribution in [0, 0.1) is 5.92 Å². The first-order valence-electron chi connectivity index (χ1n) is 10.3. The maximum absolute atomic E-state index is 13.1. The molecule has 0 aliphatic carbocycles. The summed E-state index contributed by atoms with van der Waals surface area (Å²) in [5.74, 6) is 0.534. The van der Waals surface area contributed by atoms with Gasteiger partial charge in [0.05, 0.1) is 0 Å². The van der Waals surface area contributed by atoms with Gasteiger partial charge in [0.15, 0.2) is 0 Å². The van der Waals surface area contributed by atoms with Crippen LogP contribution in [-0.2, 0) is 14.4 Å². The number of carbonyl (C=O) groups excluding carboxylic acids is 3. The number of likely N-dealkylation sites (tertiary alicyclic amines) is 1. The number of hydrogen-bond acceptors (Lipinski definition) is 3. The third kappa shape index (κ3) is 4.21. The first-order valence-corrected chi connectivity index (χ1v) is 10.3. The van der Waals surface area contributed by atoms with Gasteiger partial charge in [-0.2, -0.15) is 0 Å². The van der Waals surface area contributed by atoms with Gasteiger partial charge < -0.3 is 15.1 Å². The predicted octanol–water partition coefficient (Wildman–Crippen LogP) is 2.32. The molecule has 0 aromatic heterocycles. The number of nitrogens with one attached hydrogen (secondary N) is 1. The van der Waals surface area contributed by atoms with Gasteiger partial charge in [0, 0.05) is 26.1 Å². The fourth-order valence-electron chi connectivity index (χ4n) is 4.16. The van der Waals surface area contributed by atoms with E-state index in [9.17, 15) is 14.4 Å². The molecule has 2 aliphatic rings. The van der Waals surface area contributed by atoms with Gasteiger partial charge in [0.2, 0.25) is 17.7 Å². The van der Waals surface area contributed by atoms with Crippen molar-refractivity contribution in [3.05, 3.63) is 0 Å². The number of nitrogens with zero attached hydrogens (tertiary/aromatic N) is 2. The second-order valence-corrected chi connectivity index (χ2v) is 8.16. The second kappa shape index (κ2) is 8.87. The van der Waals surface area contributed by atoms with E-state index in [4.69, 9.17) is 0 Å². The number of unbranched alkanes of at least 4 members (excludes halogenated alkanes) is 1. The molecule has 2 aliphatic heterocycles. The van der Waals surface area contributed by atoms with E-state index in [1.807, 2.05) is 16.7 Å². The lowest BCUT2D eigenvalue weighted by atomic mass is 9.80. The molecule has 1 N–H and O–H groups in total. The molecule has 1 spiro atoms. The minimum Gasteiger partial charge on any atom is -0.342 e. The summed E-state index contributed by atoms with van der Waals surface area (Å²) in [4.78, 5) is 42.1. The third-order valence-corrected chi connectivity index (χ3v) is 5.65. The zero-order valence-electron chi connectivity index (χ0n) is 16.8. The first-order chi connectivity index (χ1) is 12.4. The Hall–Kier alpha value is -1.59. The van der Waals surface area contributed by atoms with Gasteiger partial charge in [-0.05, 0) is 38.0 Å². The summed E-state index contributed by atoms with van der Waals surface area (Å²) in [6, 6.07) is -0.413. The number of carbonyl (C=O) groups is 3. The summed E-state index contributed by atoms with van der Waals surface area (Å²) >= 11 is 0. The van der Waals surface area contributed by atoms with Crippen LogP contribution < -0.4 is 5.32 Å². The van der Waals surface area contributed by atoms with Gasteiger partial charge in [-0.25, -0.2) is 0 Å². The highest BCUT2D eigenvalue weighted by atomic mass is 16.2. The molecule has 1 unspecified atom stereocenters. The fourth-order valence-corrected chi connectivity index (χ4v) is 4.16. The molecule has 26 heavy (non-hydrogen) atoms. The maximum atomic E-state index is 13.1. The topological polar surface area (TPSA) is 69.7 Å². The van der Waals surface area contributed by atoms with E-state index in [2.05, 4.69) is 26.1 Å². The van der Waals surface area contributed by atoms with Crippen LogP contribution in [0.2, 0.25) is 0 Å². The van der Waals surface area contributed by atoms with E-state index in [0.29, 0.717) is 51.2 Å². The van der Waals surface area contributed by atoms with E-state index in [1.165, 1.54) is 0 Å². The molecule has 6 heteroatoms. The molecule has 2 heterocycles. The highest BCUT2D eigenvalue weighted by molar-refractivity contribution is 6.00. The molecule has 0 radical (unpaired) electrons. The highest BCUT2D eigenvalue weighted by Gasteiger charge is 2.53. The van der Waals surface area contributed by atoms with Crippen molar-refractivity contribution in [2.45, 2.75) is 84.2 Å². The van der Waals surface area contributed by atoms with Crippen LogP contribution in [-0.4, -0.2) is 58.7 Å². The fraction of sp³-hybridized carbons (Fsp3) is 0.850. The molecule has 0 aromatic rings. The lowest BCUT2D eigenvalue weighted by Crippen LogP contribution is -2.73. The summed E-state index contributed by atoms with van der Waals surface area (Å²) in [6.45, 7) is 9.95. The van der Waals surface area contributed by atoms with Crippen molar-refractivity contribution in [1.29, 1.82) is 0 Å². The van der Waals surface area contributed by atoms with Gasteiger partial charge in [0.1, 0.15) is 11.6 Å². The van der Waals surface area contributed by atoms with E-state index in [0.717, 1.165) is 19.3 Å². The van der Waals surface area contributed by atoms with Gasteiger partial charge in [-0.3, -0.25) is 14.4 Å². The monoisotopic (exact) mass is 365 g/mol. The Balaban J connectivity index is 2.13. The molecule has 3 amide bonds. The second-order valence-electron chi connectivity index (χ2n) is 8.16. The van der Waals surface area contributed by atoms with Crippen LogP contribution in [0.4, 0.5) is 0 Å². The smallest absolute Gasteiger partial charge is 0.246 e. The molecule has 0 saturated carbocycles. The zero-order chi connectivity index (χ0) is 19.3. The number of piperazine rings is 1. The Morgan fingerprint density at radius 3 is 2.38 bits per heavy atom. The Kier molecular flexibility index (Phi) is 7.07. The summed E-state index contributed by atoms with van der Waals surface area (Å²) in [7, 11) is 0. The van der Waals surface area contributed by atoms with E-state index in [1.54, 1.807) is 0 Å². The molecular weight excluding hydrogens is 330 g/mol. The average Bonchev–Trinajstić information content (AvgIpc) is 2.61. The minimum atomic E-state index is -0.776. The molecule has 2 saturated heterocycles. The van der Waals surface area contributed by atoms with Crippen LogP contribution >= 0.6 is 0 Å². The summed E-state index contributed by atoms with van der Waals surface area (Å²) < 4.78 is 0. The minimum absolute atomic E-state index is 0.0307. The average molecular weight is 366 g/mol. The molecule has 2 rings (SSSR count). The van der Waals surface area contributed by atoms with Crippen LogP contribution in [0.25, 0.3) is 0 Å². The number of amides is 3. The maximum Gasteiger partial charge on any atom is 0.246 e. The standard InChI is InChI=1S/C20H35N3O3/c1-5-7-8-17(24)22-12-9-20(10-13-22)19(26)21-16(14-15(3)4)18(25)23(20)11-6-2/h15-16H,5-14H2,1-4H3,(H,21,26). The van der Waals surface area contributed by atoms with Crippen LogP contribution in [0.1, 0.15) is 72.6 Å². The Bertz CT molecular complexity index is 524. The highest BCUT2D eigenvalue weighted by Crippen LogP contribution is 2.34. The van der Waals surface area contributed by atoms with Gasteiger partial charge in [-0.15, -0.1) is 0 Å². The van der Waals surface area contributed by atoms with Crippen molar-refractivity contribution in [3.63, 3.8) is 0 Å². The number of rotatable bonds is 7. The molecule has 1 atom stereocenters. The van der Waals surface area contributed by atoms with Crippen molar-refractivity contribution < 1.29 is 14.4 Å². The Morgan fingerprint density at radius 1 is 1.19 bits per heavy atom. The number of piperidine rings is 1. The van der Waals surface area contributed by atoms with Crippen LogP contribution in [0.3, 0.4) is 0 Å². The van der Waals surface area contributed by atoms with Crippen molar-refractivity contribution in [3.8, 4) is 0 Å². The number of hydrogen-bond donors (Lipinski definition) is 1. The Labute approximate surface area is 157 Å². The van der Waals surface area contributed by atoms with Crippen molar-refractivity contribution >= 4 is 17.7 Å². The van der Waals surface area contributed by atoms with E-state index in [-0.39, 0.29) is 17.7 Å². The van der Waals surface area contributed by atoms with Crippen LogP contribution in [0.5, 0.6) is 0 Å². The van der Waals surface area contributed by atoms with E-state index < -0.39 is 11.6 Å². The Morgan fingerprint density at radius 2 is 1.85 bits per heavy atom. The first kappa shape index (κ1) is 20.7. The summed E-state index contributed by atoms with van der Waals surface area (Å²) in [5.41, 5.74) is -0.776. The summed E-state index contributed by atoms with van der Waals surface area (Å²) in [6.07, 6.45) is 5.05. The predicted molar refractivity (Wildman–Crippen MR) is 101 cm³/mol. The van der Waals surface area contributed by atoms with Gasteiger partial charge in [0.25, 0.3) is 0 Å². The van der Waals surface area contributed by atoms with Gasteiger partial charge in [-0.1, -0.05) is 34.1 Å². The molecule has 6 nitrogen and oxygen atoms in total. The molecule has 148 valence electrons. The van der Waals surface area contributed by atoms with Crippen molar-refractivity contribution in [1.82, 2.24) is 15.1 Å². The molecular formula is C20H35N3O3. The lowest BCUT2D eigenvalue weighted by molar-refractivity contribution is -0.162. The van der Waals surface area contributed by atoms with Crippen molar-refractivity contribution in [2.24, 2.45) is 5.92 Å². The molecule has 2 fully saturated rings. The van der Waals surface area contributed by atoms with Gasteiger partial charge >= 0.3 is 0 Å². The molecule has 0 bridgehead atoms. The SMILES string of the molecule is CCCCC(=O)N1CCC2(CC1)C(=O)NC(CC(C)C)C(=O)N2CCC. The van der Waals surface area contributed by atoms with Crippen molar-refractivity contribution in [2.75, 3.05) is 19.6 Å². The largest absolute Gasteiger partial charge is 0.342 e.